The predicted octanol–water partition coefficient (Wildman–Crippen LogP) is 3.29. The van der Waals surface area contributed by atoms with E-state index in [-0.39, 0.29) is 17.9 Å². The first-order chi connectivity index (χ1) is 9.01. The van der Waals surface area contributed by atoms with Gasteiger partial charge in [0, 0.05) is 23.9 Å². The number of hydrogen-bond donors (Lipinski definition) is 1. The average molecular weight is 284 g/mol. The fourth-order valence-electron chi connectivity index (χ4n) is 2.30. The summed E-state index contributed by atoms with van der Waals surface area (Å²) in [5.74, 6) is 0.859. The molecule has 0 saturated heterocycles. The second-order valence-electron chi connectivity index (χ2n) is 5.04. The molecule has 0 spiro atoms. The summed E-state index contributed by atoms with van der Waals surface area (Å²) in [6.07, 6.45) is 3.01. The van der Waals surface area contributed by atoms with Crippen molar-refractivity contribution in [2.45, 2.75) is 38.4 Å². The van der Waals surface area contributed by atoms with E-state index in [2.05, 4.69) is 32.1 Å². The summed E-state index contributed by atoms with van der Waals surface area (Å²) < 4.78 is 13.1. The molecule has 1 rings (SSSR count). The Labute approximate surface area is 120 Å². The van der Waals surface area contributed by atoms with Gasteiger partial charge in [-0.25, -0.2) is 4.39 Å². The van der Waals surface area contributed by atoms with E-state index < -0.39 is 0 Å². The van der Waals surface area contributed by atoms with Crippen molar-refractivity contribution in [2.75, 3.05) is 19.1 Å². The third kappa shape index (κ3) is 4.48. The quantitative estimate of drug-likeness (QED) is 0.833. The Balaban J connectivity index is 2.97. The number of nitrogens with zero attached hydrogens (tertiary/aromatic N) is 1. The Morgan fingerprint density at radius 2 is 1.89 bits per heavy atom. The van der Waals surface area contributed by atoms with Crippen LogP contribution >= 0.6 is 11.8 Å². The predicted molar refractivity (Wildman–Crippen MR) is 83.0 cm³/mol. The van der Waals surface area contributed by atoms with Gasteiger partial charge in [0.25, 0.3) is 0 Å². The SMILES string of the molecule is CCC(N)C(c1ccc(F)cc1)N(C)C(C)CSC. The fraction of sp³-hybridized carbons (Fsp3) is 0.600. The van der Waals surface area contributed by atoms with Gasteiger partial charge in [0.1, 0.15) is 5.82 Å². The number of benzene rings is 1. The first-order valence-electron chi connectivity index (χ1n) is 6.73. The minimum Gasteiger partial charge on any atom is -0.326 e. The zero-order valence-electron chi connectivity index (χ0n) is 12.3. The van der Waals surface area contributed by atoms with Crippen LogP contribution in [-0.4, -0.2) is 36.0 Å². The smallest absolute Gasteiger partial charge is 0.123 e. The van der Waals surface area contributed by atoms with Crippen LogP contribution in [0.4, 0.5) is 4.39 Å². The first-order valence-corrected chi connectivity index (χ1v) is 8.12. The van der Waals surface area contributed by atoms with E-state index in [0.29, 0.717) is 6.04 Å². The molecule has 0 aromatic heterocycles. The second kappa shape index (κ2) is 7.88. The van der Waals surface area contributed by atoms with Gasteiger partial charge in [0.15, 0.2) is 0 Å². The maximum Gasteiger partial charge on any atom is 0.123 e. The molecule has 4 heteroatoms. The molecule has 0 aliphatic heterocycles. The molecule has 2 nitrogen and oxygen atoms in total. The molecule has 0 radical (unpaired) electrons. The van der Waals surface area contributed by atoms with Gasteiger partial charge < -0.3 is 5.73 Å². The Bertz CT molecular complexity index is 369. The molecule has 2 N–H and O–H groups in total. The van der Waals surface area contributed by atoms with Crippen molar-refractivity contribution in [3.63, 3.8) is 0 Å². The van der Waals surface area contributed by atoms with Gasteiger partial charge in [-0.15, -0.1) is 0 Å². The van der Waals surface area contributed by atoms with Crippen LogP contribution in [-0.2, 0) is 0 Å². The molecule has 0 aliphatic rings. The van der Waals surface area contributed by atoms with E-state index >= 15 is 0 Å². The lowest BCUT2D eigenvalue weighted by atomic mass is 9.95. The Kier molecular flexibility index (Phi) is 6.83. The van der Waals surface area contributed by atoms with Gasteiger partial charge >= 0.3 is 0 Å². The molecule has 0 fully saturated rings. The first kappa shape index (κ1) is 16.5. The normalized spacial score (nSPS) is 16.4. The molecular formula is C15H25FN2S. The van der Waals surface area contributed by atoms with Crippen molar-refractivity contribution in [1.82, 2.24) is 4.90 Å². The summed E-state index contributed by atoms with van der Waals surface area (Å²) in [4.78, 5) is 2.30. The van der Waals surface area contributed by atoms with Gasteiger partial charge in [0.2, 0.25) is 0 Å². The zero-order chi connectivity index (χ0) is 14.4. The minimum absolute atomic E-state index is 0.0553. The number of thioether (sulfide) groups is 1. The Morgan fingerprint density at radius 1 is 1.32 bits per heavy atom. The van der Waals surface area contributed by atoms with E-state index in [1.54, 1.807) is 0 Å². The van der Waals surface area contributed by atoms with Gasteiger partial charge in [-0.2, -0.15) is 11.8 Å². The van der Waals surface area contributed by atoms with Crippen LogP contribution in [0.25, 0.3) is 0 Å². The van der Waals surface area contributed by atoms with Gasteiger partial charge in [-0.3, -0.25) is 4.90 Å². The highest BCUT2D eigenvalue weighted by Crippen LogP contribution is 2.26. The van der Waals surface area contributed by atoms with Crippen LogP contribution in [0.2, 0.25) is 0 Å². The largest absolute Gasteiger partial charge is 0.326 e. The molecule has 3 atom stereocenters. The summed E-state index contributed by atoms with van der Waals surface area (Å²) in [5, 5.41) is 0. The van der Waals surface area contributed by atoms with Crippen molar-refractivity contribution >= 4 is 11.8 Å². The summed E-state index contributed by atoms with van der Waals surface area (Å²) >= 11 is 1.83. The summed E-state index contributed by atoms with van der Waals surface area (Å²) in [5.41, 5.74) is 7.37. The summed E-state index contributed by atoms with van der Waals surface area (Å²) in [6.45, 7) is 4.30. The number of likely N-dealkylation sites (N-methyl/N-ethyl adjacent to an activating group) is 1. The molecule has 1 aromatic rings. The monoisotopic (exact) mass is 284 g/mol. The summed E-state index contributed by atoms with van der Waals surface area (Å²) in [6, 6.07) is 7.33. The molecule has 0 saturated carbocycles. The van der Waals surface area contributed by atoms with Crippen molar-refractivity contribution < 1.29 is 4.39 Å². The lowest BCUT2D eigenvalue weighted by Gasteiger charge is -2.36. The van der Waals surface area contributed by atoms with Crippen LogP contribution < -0.4 is 5.73 Å². The number of nitrogens with two attached hydrogens (primary N) is 1. The fourth-order valence-corrected chi connectivity index (χ4v) is 3.02. The molecule has 0 bridgehead atoms. The molecule has 3 unspecified atom stereocenters. The van der Waals surface area contributed by atoms with E-state index in [1.165, 1.54) is 12.1 Å². The van der Waals surface area contributed by atoms with Gasteiger partial charge in [-0.05, 0) is 44.3 Å². The van der Waals surface area contributed by atoms with Crippen LogP contribution in [0.3, 0.4) is 0 Å². The average Bonchev–Trinajstić information content (AvgIpc) is 2.41. The highest BCUT2D eigenvalue weighted by molar-refractivity contribution is 7.98. The third-order valence-corrected chi connectivity index (χ3v) is 4.45. The van der Waals surface area contributed by atoms with Gasteiger partial charge in [-0.1, -0.05) is 19.1 Å². The third-order valence-electron chi connectivity index (χ3n) is 3.63. The topological polar surface area (TPSA) is 29.3 Å². The van der Waals surface area contributed by atoms with Gasteiger partial charge in [0.05, 0.1) is 0 Å². The summed E-state index contributed by atoms with van der Waals surface area (Å²) in [7, 11) is 2.10. The Hall–Kier alpha value is -0.580. The van der Waals surface area contributed by atoms with Crippen molar-refractivity contribution in [2.24, 2.45) is 5.73 Å². The maximum atomic E-state index is 13.1. The molecular weight excluding hydrogens is 259 g/mol. The molecule has 108 valence electrons. The molecule has 19 heavy (non-hydrogen) atoms. The van der Waals surface area contributed by atoms with Crippen molar-refractivity contribution in [3.05, 3.63) is 35.6 Å². The van der Waals surface area contributed by atoms with E-state index in [4.69, 9.17) is 5.73 Å². The zero-order valence-corrected chi connectivity index (χ0v) is 13.1. The standard InChI is InChI=1S/C15H25FN2S/c1-5-14(17)15(18(3)11(2)10-19-4)12-6-8-13(16)9-7-12/h6-9,11,14-15H,5,10,17H2,1-4H3. The van der Waals surface area contributed by atoms with Crippen LogP contribution in [0, 0.1) is 5.82 Å². The molecule has 0 heterocycles. The number of rotatable bonds is 7. The maximum absolute atomic E-state index is 13.1. The second-order valence-corrected chi connectivity index (χ2v) is 5.95. The molecule has 1 aromatic carbocycles. The Morgan fingerprint density at radius 3 is 2.37 bits per heavy atom. The van der Waals surface area contributed by atoms with Crippen molar-refractivity contribution in [1.29, 1.82) is 0 Å². The lowest BCUT2D eigenvalue weighted by molar-refractivity contribution is 0.171. The number of hydrogen-bond acceptors (Lipinski definition) is 3. The van der Waals surface area contributed by atoms with Crippen LogP contribution in [0.1, 0.15) is 31.9 Å². The van der Waals surface area contributed by atoms with E-state index in [1.807, 2.05) is 23.9 Å². The van der Waals surface area contributed by atoms with Crippen LogP contribution in [0.15, 0.2) is 24.3 Å². The minimum atomic E-state index is -0.201. The number of halogens is 1. The van der Waals surface area contributed by atoms with Crippen molar-refractivity contribution in [3.8, 4) is 0 Å². The van der Waals surface area contributed by atoms with Crippen LogP contribution in [0.5, 0.6) is 0 Å². The van der Waals surface area contributed by atoms with E-state index in [0.717, 1.165) is 17.7 Å². The lowest BCUT2D eigenvalue weighted by Crippen LogP contribution is -2.43. The van der Waals surface area contributed by atoms with E-state index in [9.17, 15) is 4.39 Å². The highest BCUT2D eigenvalue weighted by Gasteiger charge is 2.26. The molecule has 0 aliphatic carbocycles. The highest BCUT2D eigenvalue weighted by atomic mass is 32.2. The molecule has 0 amide bonds.